The van der Waals surface area contributed by atoms with Gasteiger partial charge in [-0.2, -0.15) is 0 Å². The summed E-state index contributed by atoms with van der Waals surface area (Å²) in [6.45, 7) is 0. The molecular formula is C19H17NO3. The van der Waals surface area contributed by atoms with Crippen LogP contribution >= 0.6 is 0 Å². The SMILES string of the molecule is O=C(C=Cc1cc2ccccc2o1)NC1CCCc2occc21. The standard InChI is InChI=1S/C19H17NO3/c21-19(20-16-5-3-7-18-15(16)10-11-22-18)9-8-14-12-13-4-1-2-6-17(13)23-14/h1-2,4,6,8-12,16H,3,5,7H2,(H,20,21). The number of para-hydroxylation sites is 1. The molecule has 4 rings (SSSR count). The molecule has 0 saturated carbocycles. The van der Waals surface area contributed by atoms with Gasteiger partial charge in [-0.1, -0.05) is 18.2 Å². The lowest BCUT2D eigenvalue weighted by atomic mass is 9.93. The second kappa shape index (κ2) is 5.80. The van der Waals surface area contributed by atoms with E-state index in [1.54, 1.807) is 12.3 Å². The number of nitrogens with one attached hydrogen (secondary N) is 1. The van der Waals surface area contributed by atoms with Gasteiger partial charge in [-0.3, -0.25) is 4.79 Å². The number of hydrogen-bond acceptors (Lipinski definition) is 3. The molecule has 1 aliphatic rings. The van der Waals surface area contributed by atoms with Crippen LogP contribution in [0, 0.1) is 0 Å². The second-order valence-electron chi connectivity index (χ2n) is 5.77. The van der Waals surface area contributed by atoms with Crippen molar-refractivity contribution in [3.05, 3.63) is 65.8 Å². The Kier molecular flexibility index (Phi) is 3.50. The van der Waals surface area contributed by atoms with Crippen LogP contribution in [0.25, 0.3) is 17.0 Å². The first-order chi connectivity index (χ1) is 11.3. The fourth-order valence-electron chi connectivity index (χ4n) is 3.10. The number of benzene rings is 1. The number of amides is 1. The van der Waals surface area contributed by atoms with E-state index in [1.807, 2.05) is 36.4 Å². The molecule has 0 bridgehead atoms. The molecule has 116 valence electrons. The van der Waals surface area contributed by atoms with Gasteiger partial charge in [0.15, 0.2) is 0 Å². The Morgan fingerprint density at radius 2 is 2.17 bits per heavy atom. The van der Waals surface area contributed by atoms with E-state index in [0.717, 1.165) is 41.6 Å². The number of carbonyl (C=O) groups is 1. The first-order valence-electron chi connectivity index (χ1n) is 7.83. The van der Waals surface area contributed by atoms with E-state index < -0.39 is 0 Å². The molecule has 0 radical (unpaired) electrons. The maximum Gasteiger partial charge on any atom is 0.244 e. The number of carbonyl (C=O) groups excluding carboxylic acids is 1. The average Bonchev–Trinajstić information content (AvgIpc) is 3.19. The van der Waals surface area contributed by atoms with Crippen molar-refractivity contribution < 1.29 is 13.6 Å². The Morgan fingerprint density at radius 3 is 3.09 bits per heavy atom. The first-order valence-corrected chi connectivity index (χ1v) is 7.83. The van der Waals surface area contributed by atoms with Crippen LogP contribution in [0.1, 0.15) is 36.0 Å². The maximum atomic E-state index is 12.2. The number of fused-ring (bicyclic) bond motifs is 2. The quantitative estimate of drug-likeness (QED) is 0.737. The number of hydrogen-bond donors (Lipinski definition) is 1. The third-order valence-corrected chi connectivity index (χ3v) is 4.21. The summed E-state index contributed by atoms with van der Waals surface area (Å²) in [5, 5.41) is 4.07. The minimum atomic E-state index is -0.121. The molecule has 1 aliphatic carbocycles. The van der Waals surface area contributed by atoms with Crippen molar-refractivity contribution in [1.82, 2.24) is 5.32 Å². The van der Waals surface area contributed by atoms with Crippen LogP contribution in [0.3, 0.4) is 0 Å². The van der Waals surface area contributed by atoms with Gasteiger partial charge in [0.2, 0.25) is 5.91 Å². The van der Waals surface area contributed by atoms with E-state index in [0.29, 0.717) is 5.76 Å². The van der Waals surface area contributed by atoms with Crippen LogP contribution in [0.5, 0.6) is 0 Å². The van der Waals surface area contributed by atoms with Gasteiger partial charge >= 0.3 is 0 Å². The summed E-state index contributed by atoms with van der Waals surface area (Å²) in [5.74, 6) is 1.54. The summed E-state index contributed by atoms with van der Waals surface area (Å²) in [7, 11) is 0. The summed E-state index contributed by atoms with van der Waals surface area (Å²) in [5.41, 5.74) is 1.92. The van der Waals surface area contributed by atoms with E-state index in [2.05, 4.69) is 5.32 Å². The van der Waals surface area contributed by atoms with Gasteiger partial charge in [0, 0.05) is 23.4 Å². The van der Waals surface area contributed by atoms with E-state index in [9.17, 15) is 4.79 Å². The van der Waals surface area contributed by atoms with Gasteiger partial charge in [0.25, 0.3) is 0 Å². The zero-order valence-electron chi connectivity index (χ0n) is 12.6. The van der Waals surface area contributed by atoms with E-state index in [-0.39, 0.29) is 11.9 Å². The summed E-state index contributed by atoms with van der Waals surface area (Å²) in [4.78, 5) is 12.2. The van der Waals surface area contributed by atoms with Crippen molar-refractivity contribution in [2.45, 2.75) is 25.3 Å². The third-order valence-electron chi connectivity index (χ3n) is 4.21. The maximum absolute atomic E-state index is 12.2. The molecule has 1 atom stereocenters. The summed E-state index contributed by atoms with van der Waals surface area (Å²) in [6.07, 6.45) is 7.83. The van der Waals surface area contributed by atoms with Gasteiger partial charge < -0.3 is 14.2 Å². The minimum Gasteiger partial charge on any atom is -0.469 e. The summed E-state index contributed by atoms with van der Waals surface area (Å²) < 4.78 is 11.1. The van der Waals surface area contributed by atoms with Crippen molar-refractivity contribution in [2.24, 2.45) is 0 Å². The van der Waals surface area contributed by atoms with Crippen LogP contribution in [-0.2, 0) is 11.2 Å². The lowest BCUT2D eigenvalue weighted by molar-refractivity contribution is -0.117. The molecule has 2 heterocycles. The van der Waals surface area contributed by atoms with Crippen LogP contribution < -0.4 is 5.32 Å². The molecule has 1 amide bonds. The van der Waals surface area contributed by atoms with Crippen LogP contribution in [0.15, 0.2) is 57.6 Å². The van der Waals surface area contributed by atoms with Crippen molar-refractivity contribution >= 4 is 23.0 Å². The van der Waals surface area contributed by atoms with Gasteiger partial charge in [0.05, 0.1) is 12.3 Å². The highest BCUT2D eigenvalue weighted by atomic mass is 16.3. The van der Waals surface area contributed by atoms with Crippen LogP contribution in [0.2, 0.25) is 0 Å². The Hall–Kier alpha value is -2.75. The summed E-state index contributed by atoms with van der Waals surface area (Å²) >= 11 is 0. The highest BCUT2D eigenvalue weighted by Gasteiger charge is 2.23. The lowest BCUT2D eigenvalue weighted by Gasteiger charge is -2.21. The van der Waals surface area contributed by atoms with Crippen molar-refractivity contribution in [2.75, 3.05) is 0 Å². The average molecular weight is 307 g/mol. The monoisotopic (exact) mass is 307 g/mol. The summed E-state index contributed by atoms with van der Waals surface area (Å²) in [6, 6.07) is 11.7. The van der Waals surface area contributed by atoms with Gasteiger partial charge in [-0.05, 0) is 37.1 Å². The van der Waals surface area contributed by atoms with Crippen molar-refractivity contribution in [1.29, 1.82) is 0 Å². The number of aryl methyl sites for hydroxylation is 1. The fraction of sp³-hybridized carbons (Fsp3) is 0.211. The molecule has 4 nitrogen and oxygen atoms in total. The van der Waals surface area contributed by atoms with Crippen molar-refractivity contribution in [3.8, 4) is 0 Å². The molecular weight excluding hydrogens is 290 g/mol. The number of rotatable bonds is 3. The molecule has 3 aromatic rings. The zero-order valence-corrected chi connectivity index (χ0v) is 12.6. The van der Waals surface area contributed by atoms with Gasteiger partial charge in [-0.25, -0.2) is 0 Å². The highest BCUT2D eigenvalue weighted by Crippen LogP contribution is 2.30. The molecule has 0 saturated heterocycles. The van der Waals surface area contributed by atoms with Gasteiger partial charge in [-0.15, -0.1) is 0 Å². The van der Waals surface area contributed by atoms with E-state index >= 15 is 0 Å². The van der Waals surface area contributed by atoms with Crippen molar-refractivity contribution in [3.63, 3.8) is 0 Å². The topological polar surface area (TPSA) is 55.4 Å². The normalized spacial score (nSPS) is 17.5. The largest absolute Gasteiger partial charge is 0.469 e. The van der Waals surface area contributed by atoms with E-state index in [1.165, 1.54) is 6.08 Å². The smallest absolute Gasteiger partial charge is 0.244 e. The minimum absolute atomic E-state index is 0.0327. The molecule has 1 N–H and O–H groups in total. The molecule has 0 aliphatic heterocycles. The second-order valence-corrected chi connectivity index (χ2v) is 5.77. The molecule has 1 unspecified atom stereocenters. The highest BCUT2D eigenvalue weighted by molar-refractivity contribution is 5.92. The fourth-order valence-corrected chi connectivity index (χ4v) is 3.10. The Balaban J connectivity index is 1.46. The predicted molar refractivity (Wildman–Crippen MR) is 87.8 cm³/mol. The third kappa shape index (κ3) is 2.80. The molecule has 1 aromatic carbocycles. The Bertz CT molecular complexity index is 839. The van der Waals surface area contributed by atoms with Crippen LogP contribution in [-0.4, -0.2) is 5.91 Å². The first kappa shape index (κ1) is 13.9. The molecule has 23 heavy (non-hydrogen) atoms. The Morgan fingerprint density at radius 1 is 1.26 bits per heavy atom. The zero-order chi connectivity index (χ0) is 15.6. The van der Waals surface area contributed by atoms with Gasteiger partial charge in [0.1, 0.15) is 17.1 Å². The molecule has 4 heteroatoms. The number of furan rings is 2. The van der Waals surface area contributed by atoms with Crippen LogP contribution in [0.4, 0.5) is 0 Å². The molecule has 0 spiro atoms. The lowest BCUT2D eigenvalue weighted by Crippen LogP contribution is -2.28. The molecule has 2 aromatic heterocycles. The molecule has 0 fully saturated rings. The van der Waals surface area contributed by atoms with E-state index in [4.69, 9.17) is 8.83 Å². The predicted octanol–water partition coefficient (Wildman–Crippen LogP) is 4.23. The Labute approximate surface area is 133 Å².